The van der Waals surface area contributed by atoms with Crippen molar-refractivity contribution in [1.82, 2.24) is 0 Å². The zero-order valence-corrected chi connectivity index (χ0v) is 24.4. The maximum atomic E-state index is 15.6. The molecule has 0 aromatic heterocycles. The molecule has 0 saturated carbocycles. The van der Waals surface area contributed by atoms with Crippen LogP contribution in [0.15, 0.2) is 36.4 Å². The Balaban J connectivity index is 1.95. The average Bonchev–Trinajstić information content (AvgIpc) is 2.87. The number of carboxylic acid groups (broad SMARTS) is 1. The second-order valence-electron chi connectivity index (χ2n) is 11.5. The number of fused-ring (bicyclic) bond motifs is 4. The number of hydrogen-bond donors (Lipinski definition) is 1. The smallest absolute Gasteiger partial charge is 0.337 e. The normalized spacial score (nSPS) is 15.5. The van der Waals surface area contributed by atoms with Crippen LogP contribution >= 0.6 is 0 Å². The van der Waals surface area contributed by atoms with E-state index in [1.54, 1.807) is 46.8 Å². The van der Waals surface area contributed by atoms with Crippen LogP contribution in [0.25, 0.3) is 22.3 Å². The number of benzene rings is 3. The van der Waals surface area contributed by atoms with Gasteiger partial charge in [0.25, 0.3) is 0 Å². The molecule has 2 aliphatic heterocycles. The first-order valence-corrected chi connectivity index (χ1v) is 15.1. The number of anilines is 1. The van der Waals surface area contributed by atoms with Crippen LogP contribution in [0.1, 0.15) is 61.1 Å². The largest absolute Gasteiger partial charge is 0.493 e. The molecular weight excluding hydrogens is 533 g/mol. The number of aliphatic carboxylic acids is 1. The van der Waals surface area contributed by atoms with Crippen molar-refractivity contribution in [1.29, 1.82) is 0 Å². The molecule has 0 bridgehead atoms. The number of ether oxygens (including phenoxy) is 2. The molecule has 7 nitrogen and oxygen atoms in total. The lowest BCUT2D eigenvalue weighted by Gasteiger charge is -2.37. The minimum absolute atomic E-state index is 0.0634. The van der Waals surface area contributed by atoms with Crippen molar-refractivity contribution in [2.24, 2.45) is 0 Å². The number of hydrogen-bond acceptors (Lipinski definition) is 5. The molecule has 0 amide bonds. The maximum absolute atomic E-state index is 15.6. The van der Waals surface area contributed by atoms with Gasteiger partial charge in [-0.25, -0.2) is 17.6 Å². The van der Waals surface area contributed by atoms with Crippen molar-refractivity contribution in [3.63, 3.8) is 0 Å². The molecule has 9 heteroatoms. The number of nitrogens with zero attached hydrogens (tertiary/aromatic N) is 1. The molecule has 1 N–H and O–H groups in total. The molecule has 1 atom stereocenters. The summed E-state index contributed by atoms with van der Waals surface area (Å²) in [5.74, 6) is -0.884. The molecule has 40 heavy (non-hydrogen) atoms. The molecule has 0 spiro atoms. The number of halogens is 1. The summed E-state index contributed by atoms with van der Waals surface area (Å²) < 4.78 is 55.0. The SMILES string of the molecule is Cc1c(-c2ccc3c(c2)CCCO3)c([C@H](OC(C)(C)C)C(=O)O)c(C)c2c1-c1c(F)cccc1CN2S(C)(=O)=O. The highest BCUT2D eigenvalue weighted by Crippen LogP contribution is 2.52. The zero-order valence-electron chi connectivity index (χ0n) is 23.6. The zero-order chi connectivity index (χ0) is 29.1. The lowest BCUT2D eigenvalue weighted by atomic mass is 9.79. The summed E-state index contributed by atoms with van der Waals surface area (Å²) in [6.07, 6.45) is 1.36. The fourth-order valence-electron chi connectivity index (χ4n) is 5.92. The van der Waals surface area contributed by atoms with Gasteiger partial charge in [-0.15, -0.1) is 0 Å². The van der Waals surface area contributed by atoms with E-state index in [4.69, 9.17) is 9.47 Å². The molecule has 5 rings (SSSR count). The monoisotopic (exact) mass is 567 g/mol. The van der Waals surface area contributed by atoms with Gasteiger partial charge in [-0.1, -0.05) is 18.2 Å². The van der Waals surface area contributed by atoms with Gasteiger partial charge in [0.05, 0.1) is 30.7 Å². The predicted molar refractivity (Wildman–Crippen MR) is 153 cm³/mol. The van der Waals surface area contributed by atoms with Crippen molar-refractivity contribution < 1.29 is 32.2 Å². The molecule has 0 radical (unpaired) electrons. The number of aryl methyl sites for hydroxylation is 1. The third-order valence-corrected chi connectivity index (χ3v) is 8.60. The second-order valence-corrected chi connectivity index (χ2v) is 13.4. The Morgan fingerprint density at radius 1 is 1.07 bits per heavy atom. The summed E-state index contributed by atoms with van der Waals surface area (Å²) in [6, 6.07) is 10.4. The van der Waals surface area contributed by atoms with Gasteiger partial charge in [-0.3, -0.25) is 4.31 Å². The van der Waals surface area contributed by atoms with E-state index in [1.807, 2.05) is 18.2 Å². The molecule has 2 heterocycles. The Labute approximate surface area is 234 Å². The number of carbonyl (C=O) groups is 1. The van der Waals surface area contributed by atoms with Gasteiger partial charge in [0, 0.05) is 16.7 Å². The van der Waals surface area contributed by atoms with Crippen LogP contribution in [0, 0.1) is 19.7 Å². The minimum atomic E-state index is -3.82. The van der Waals surface area contributed by atoms with Crippen LogP contribution in [-0.4, -0.2) is 38.0 Å². The van der Waals surface area contributed by atoms with Gasteiger partial charge in [-0.05, 0) is 99.0 Å². The van der Waals surface area contributed by atoms with Gasteiger partial charge >= 0.3 is 5.97 Å². The fourth-order valence-corrected chi connectivity index (χ4v) is 6.86. The molecule has 0 fully saturated rings. The molecule has 0 saturated heterocycles. The van der Waals surface area contributed by atoms with Gasteiger partial charge in [0.15, 0.2) is 6.10 Å². The summed E-state index contributed by atoms with van der Waals surface area (Å²) >= 11 is 0. The van der Waals surface area contributed by atoms with E-state index in [1.165, 1.54) is 10.4 Å². The van der Waals surface area contributed by atoms with E-state index in [0.717, 1.165) is 36.0 Å². The molecule has 3 aromatic rings. The molecular formula is C31H34FNO6S. The van der Waals surface area contributed by atoms with Gasteiger partial charge in [-0.2, -0.15) is 0 Å². The summed E-state index contributed by atoms with van der Waals surface area (Å²) in [7, 11) is -3.82. The third-order valence-electron chi connectivity index (χ3n) is 7.48. The van der Waals surface area contributed by atoms with Crippen molar-refractivity contribution in [3.8, 4) is 28.0 Å². The Bertz CT molecular complexity index is 1640. The fraction of sp³-hybridized carbons (Fsp3) is 0.387. The minimum Gasteiger partial charge on any atom is -0.493 e. The van der Waals surface area contributed by atoms with Gasteiger partial charge in [0.1, 0.15) is 11.6 Å². The third kappa shape index (κ3) is 4.86. The number of carboxylic acids is 1. The Morgan fingerprint density at radius 2 is 1.80 bits per heavy atom. The molecule has 2 aliphatic rings. The first kappa shape index (κ1) is 28.1. The second kappa shape index (κ2) is 9.89. The number of sulfonamides is 1. The lowest BCUT2D eigenvalue weighted by molar-refractivity contribution is -0.160. The topological polar surface area (TPSA) is 93.1 Å². The van der Waals surface area contributed by atoms with Crippen LogP contribution in [0.2, 0.25) is 0 Å². The summed E-state index contributed by atoms with van der Waals surface area (Å²) in [5.41, 5.74) is 4.44. The lowest BCUT2D eigenvalue weighted by Crippen LogP contribution is -2.35. The highest BCUT2D eigenvalue weighted by Gasteiger charge is 2.39. The van der Waals surface area contributed by atoms with E-state index < -0.39 is 33.5 Å². The van der Waals surface area contributed by atoms with E-state index in [-0.39, 0.29) is 12.2 Å². The van der Waals surface area contributed by atoms with Crippen molar-refractivity contribution in [2.75, 3.05) is 17.2 Å². The van der Waals surface area contributed by atoms with E-state index >= 15 is 4.39 Å². The summed E-state index contributed by atoms with van der Waals surface area (Å²) in [4.78, 5) is 12.8. The molecule has 0 unspecified atom stereocenters. The van der Waals surface area contributed by atoms with E-state index in [2.05, 4.69) is 0 Å². The Hall–Kier alpha value is -3.43. The van der Waals surface area contributed by atoms with Crippen LogP contribution in [0.4, 0.5) is 10.1 Å². The Kier molecular flexibility index (Phi) is 6.95. The molecule has 0 aliphatic carbocycles. The highest BCUT2D eigenvalue weighted by molar-refractivity contribution is 7.92. The van der Waals surface area contributed by atoms with Gasteiger partial charge in [0.2, 0.25) is 10.0 Å². The molecule has 212 valence electrons. The van der Waals surface area contributed by atoms with Crippen molar-refractivity contribution >= 4 is 21.7 Å². The maximum Gasteiger partial charge on any atom is 0.337 e. The summed E-state index contributed by atoms with van der Waals surface area (Å²) in [5, 5.41) is 10.5. The van der Waals surface area contributed by atoms with Crippen LogP contribution < -0.4 is 9.04 Å². The summed E-state index contributed by atoms with van der Waals surface area (Å²) in [6.45, 7) is 9.38. The Morgan fingerprint density at radius 3 is 2.45 bits per heavy atom. The van der Waals surface area contributed by atoms with Crippen LogP contribution in [0.3, 0.4) is 0 Å². The van der Waals surface area contributed by atoms with Crippen molar-refractivity contribution in [2.45, 2.75) is 65.7 Å². The van der Waals surface area contributed by atoms with Crippen LogP contribution in [0.5, 0.6) is 5.75 Å². The first-order chi connectivity index (χ1) is 18.7. The quantitative estimate of drug-likeness (QED) is 0.388. The predicted octanol–water partition coefficient (Wildman–Crippen LogP) is 6.32. The van der Waals surface area contributed by atoms with Crippen LogP contribution in [-0.2, 0) is 32.5 Å². The molecule has 3 aromatic carbocycles. The highest BCUT2D eigenvalue weighted by atomic mass is 32.2. The first-order valence-electron chi connectivity index (χ1n) is 13.3. The van der Waals surface area contributed by atoms with E-state index in [0.29, 0.717) is 45.6 Å². The van der Waals surface area contributed by atoms with Crippen molar-refractivity contribution in [3.05, 3.63) is 70.0 Å². The standard InChI is InChI=1S/C31H34FNO6S/c1-17-24(20-12-13-23-19(15-20)10-8-14-38-23)26(29(30(34)35)39-31(3,4)5)18(2)28-25(17)27-21(9-7-11-22(27)32)16-33(28)40(6,36)37/h7,9,11-13,15,29H,8,10,14,16H2,1-6H3,(H,34,35)/t29-/m0/s1. The number of rotatable bonds is 5. The van der Waals surface area contributed by atoms with E-state index in [9.17, 15) is 18.3 Å². The van der Waals surface area contributed by atoms with Gasteiger partial charge < -0.3 is 14.6 Å². The average molecular weight is 568 g/mol.